The summed E-state index contributed by atoms with van der Waals surface area (Å²) in [4.78, 5) is 8.20. The lowest BCUT2D eigenvalue weighted by atomic mass is 9.90. The molecule has 0 spiro atoms. The van der Waals surface area contributed by atoms with E-state index in [1.54, 1.807) is 6.07 Å². The van der Waals surface area contributed by atoms with Gasteiger partial charge in [-0.05, 0) is 33.0 Å². The molecule has 0 fully saturated rings. The third kappa shape index (κ3) is 10.8. The highest BCUT2D eigenvalue weighted by Gasteiger charge is 2.26. The van der Waals surface area contributed by atoms with Crippen molar-refractivity contribution in [2.75, 3.05) is 76.0 Å². The molecule has 0 aliphatic carbocycles. The summed E-state index contributed by atoms with van der Waals surface area (Å²) in [6.07, 6.45) is -3.02. The van der Waals surface area contributed by atoms with Crippen LogP contribution in [0.15, 0.2) is 170 Å². The average molecular weight is 894 g/mol. The molecule has 8 rings (SSSR count). The van der Waals surface area contributed by atoms with Crippen molar-refractivity contribution in [3.63, 3.8) is 0 Å². The fourth-order valence-electron chi connectivity index (χ4n) is 8.90. The molecule has 67 heavy (non-hydrogen) atoms. The molecule has 9 nitrogen and oxygen atoms in total. The standard InChI is InChI=1S/2C28H30N2O2.C2H3N/c2*1-29(2)25-22(27(31)20-11-7-5-8-12-20)17-15-19-16-18-23(26(24(19)25)30(3)4)28(32)21-13-9-6-10-14-21;1-2-3/h2*5-18,27-28,31-32H,1-4H3;1H3/t2*27-,28-;/m10./s1. The average Bonchev–Trinajstić information content (AvgIpc) is 3.35. The largest absolute Gasteiger partial charge is 0.384 e. The minimum absolute atomic E-state index is 0.754. The van der Waals surface area contributed by atoms with Crippen molar-refractivity contribution in [1.29, 1.82) is 5.26 Å². The van der Waals surface area contributed by atoms with Gasteiger partial charge in [0.1, 0.15) is 24.4 Å². The van der Waals surface area contributed by atoms with Crippen LogP contribution in [0.25, 0.3) is 21.5 Å². The summed E-state index contributed by atoms with van der Waals surface area (Å²) in [6.45, 7) is 1.43. The van der Waals surface area contributed by atoms with E-state index in [1.807, 2.05) is 202 Å². The second kappa shape index (κ2) is 22.3. The minimum Gasteiger partial charge on any atom is -0.384 e. The van der Waals surface area contributed by atoms with E-state index in [-0.39, 0.29) is 0 Å². The number of hydrogen-bond acceptors (Lipinski definition) is 9. The molecule has 0 unspecified atom stereocenters. The normalized spacial score (nSPS) is 12.6. The van der Waals surface area contributed by atoms with Gasteiger partial charge in [-0.3, -0.25) is 0 Å². The molecule has 0 radical (unpaired) electrons. The van der Waals surface area contributed by atoms with Crippen LogP contribution in [0.2, 0.25) is 0 Å². The van der Waals surface area contributed by atoms with Crippen LogP contribution in [0, 0.1) is 11.3 Å². The van der Waals surface area contributed by atoms with Gasteiger partial charge >= 0.3 is 0 Å². The van der Waals surface area contributed by atoms with Crippen molar-refractivity contribution in [2.24, 2.45) is 0 Å². The Balaban J connectivity index is 0.000000209. The smallest absolute Gasteiger partial charge is 0.106 e. The molecule has 0 amide bonds. The topological polar surface area (TPSA) is 118 Å². The van der Waals surface area contributed by atoms with E-state index in [9.17, 15) is 20.4 Å². The fraction of sp³-hybridized carbons (Fsp3) is 0.224. The highest BCUT2D eigenvalue weighted by molar-refractivity contribution is 6.07. The number of anilines is 4. The summed E-state index contributed by atoms with van der Waals surface area (Å²) in [6, 6.07) is 56.8. The highest BCUT2D eigenvalue weighted by Crippen LogP contribution is 2.46. The Bertz CT molecular complexity index is 2520. The van der Waals surface area contributed by atoms with Crippen molar-refractivity contribution < 1.29 is 20.4 Å². The zero-order valence-corrected chi connectivity index (χ0v) is 40.0. The molecule has 8 aromatic rings. The lowest BCUT2D eigenvalue weighted by molar-refractivity contribution is 0.220. The summed E-state index contributed by atoms with van der Waals surface area (Å²) < 4.78 is 0. The van der Waals surface area contributed by atoms with Crippen LogP contribution < -0.4 is 19.6 Å². The summed E-state index contributed by atoms with van der Waals surface area (Å²) in [7, 11) is 16.0. The van der Waals surface area contributed by atoms with Gasteiger partial charge in [0.2, 0.25) is 0 Å². The molecule has 0 bridgehead atoms. The van der Waals surface area contributed by atoms with Crippen molar-refractivity contribution in [3.05, 3.63) is 214 Å². The SMILES string of the molecule is CC#N.CN(C)c1c([C@@H](O)c2ccccc2)ccc2ccc([C@@H](O)c3ccccc3)c(N(C)C)c12.CN(C)c1c([C@H](O)c2ccccc2)ccc2ccc([C@H](O)c3ccccc3)c(N(C)C)c12. The molecular formula is C58H63N5O4. The number of nitrogens with zero attached hydrogens (tertiary/aromatic N) is 5. The summed E-state index contributed by atoms with van der Waals surface area (Å²) in [5.41, 5.74) is 10.5. The van der Waals surface area contributed by atoms with Crippen molar-refractivity contribution in [2.45, 2.75) is 31.3 Å². The third-order valence-corrected chi connectivity index (χ3v) is 11.8. The molecule has 8 aromatic carbocycles. The summed E-state index contributed by atoms with van der Waals surface area (Å²) in [5, 5.41) is 56.6. The number of benzene rings is 8. The summed E-state index contributed by atoms with van der Waals surface area (Å²) >= 11 is 0. The maximum atomic E-state index is 11.3. The predicted octanol–water partition coefficient (Wildman–Crippen LogP) is 10.8. The molecule has 344 valence electrons. The van der Waals surface area contributed by atoms with E-state index in [2.05, 4.69) is 43.9 Å². The van der Waals surface area contributed by atoms with Gasteiger partial charge in [0.25, 0.3) is 0 Å². The van der Waals surface area contributed by atoms with Crippen molar-refractivity contribution >= 4 is 44.3 Å². The van der Waals surface area contributed by atoms with Gasteiger partial charge in [-0.2, -0.15) is 5.26 Å². The molecule has 0 saturated heterocycles. The van der Waals surface area contributed by atoms with Gasteiger partial charge < -0.3 is 40.0 Å². The fourth-order valence-corrected chi connectivity index (χ4v) is 8.90. The Kier molecular flexibility index (Phi) is 16.4. The first kappa shape index (κ1) is 49.2. The molecule has 9 heteroatoms. The van der Waals surface area contributed by atoms with Gasteiger partial charge in [-0.1, -0.05) is 170 Å². The maximum Gasteiger partial charge on any atom is 0.106 e. The van der Waals surface area contributed by atoms with Gasteiger partial charge in [-0.25, -0.2) is 0 Å². The predicted molar refractivity (Wildman–Crippen MR) is 279 cm³/mol. The van der Waals surface area contributed by atoms with Crippen LogP contribution in [0.5, 0.6) is 0 Å². The van der Waals surface area contributed by atoms with Crippen LogP contribution in [-0.4, -0.2) is 76.8 Å². The molecule has 4 N–H and O–H groups in total. The van der Waals surface area contributed by atoms with Gasteiger partial charge in [0.05, 0.1) is 28.8 Å². The van der Waals surface area contributed by atoms with Crippen LogP contribution in [-0.2, 0) is 0 Å². The second-order valence-electron chi connectivity index (χ2n) is 17.3. The van der Waals surface area contributed by atoms with E-state index >= 15 is 0 Å². The van der Waals surface area contributed by atoms with E-state index in [4.69, 9.17) is 5.26 Å². The Morgan fingerprint density at radius 2 is 0.507 bits per heavy atom. The minimum atomic E-state index is -0.754. The van der Waals surface area contributed by atoms with E-state index in [1.165, 1.54) is 6.92 Å². The Morgan fingerprint density at radius 3 is 0.672 bits per heavy atom. The number of rotatable bonds is 12. The lowest BCUT2D eigenvalue weighted by Gasteiger charge is -2.29. The monoisotopic (exact) mass is 893 g/mol. The van der Waals surface area contributed by atoms with Crippen LogP contribution >= 0.6 is 0 Å². The zero-order chi connectivity index (χ0) is 48.4. The van der Waals surface area contributed by atoms with Crippen molar-refractivity contribution in [3.8, 4) is 6.07 Å². The molecule has 4 atom stereocenters. The van der Waals surface area contributed by atoms with Crippen LogP contribution in [0.3, 0.4) is 0 Å². The van der Waals surface area contributed by atoms with Crippen LogP contribution in [0.1, 0.15) is 75.8 Å². The first-order chi connectivity index (χ1) is 32.2. The number of fused-ring (bicyclic) bond motifs is 2. The van der Waals surface area contributed by atoms with Gasteiger partial charge in [-0.15, -0.1) is 0 Å². The third-order valence-electron chi connectivity index (χ3n) is 11.8. The summed E-state index contributed by atoms with van der Waals surface area (Å²) in [5.74, 6) is 0. The lowest BCUT2D eigenvalue weighted by Crippen LogP contribution is -2.18. The number of aliphatic hydroxyl groups is 4. The first-order valence-corrected chi connectivity index (χ1v) is 22.3. The maximum absolute atomic E-state index is 11.3. The molecule has 0 aliphatic rings. The quantitative estimate of drug-likeness (QED) is 0.0951. The van der Waals surface area contributed by atoms with Crippen LogP contribution in [0.4, 0.5) is 22.7 Å². The molecule has 0 heterocycles. The Labute approximate surface area is 396 Å². The van der Waals surface area contributed by atoms with E-state index < -0.39 is 24.4 Å². The van der Waals surface area contributed by atoms with Gasteiger partial charge in [0, 0.05) is 96.3 Å². The Hall–Kier alpha value is -7.19. The molecular weight excluding hydrogens is 831 g/mol. The van der Waals surface area contributed by atoms with Gasteiger partial charge in [0.15, 0.2) is 0 Å². The molecule has 0 aliphatic heterocycles. The number of aliphatic hydroxyl groups excluding tert-OH is 4. The molecule has 0 aromatic heterocycles. The zero-order valence-electron chi connectivity index (χ0n) is 40.0. The Morgan fingerprint density at radius 1 is 0.328 bits per heavy atom. The number of hydrogen-bond donors (Lipinski definition) is 4. The van der Waals surface area contributed by atoms with Crippen molar-refractivity contribution in [1.82, 2.24) is 0 Å². The first-order valence-electron chi connectivity index (χ1n) is 22.3. The van der Waals surface area contributed by atoms with E-state index in [0.717, 1.165) is 88.8 Å². The van der Waals surface area contributed by atoms with E-state index in [0.29, 0.717) is 0 Å². The second-order valence-corrected chi connectivity index (χ2v) is 17.3. The number of nitriles is 1. The highest BCUT2D eigenvalue weighted by atomic mass is 16.3. The molecule has 0 saturated carbocycles.